The van der Waals surface area contributed by atoms with E-state index in [9.17, 15) is 19.2 Å². The van der Waals surface area contributed by atoms with Crippen LogP contribution < -0.4 is 11.1 Å². The molecule has 0 aromatic carbocycles. The molecule has 114 valence electrons. The van der Waals surface area contributed by atoms with Crippen LogP contribution in [0.15, 0.2) is 4.99 Å². The highest BCUT2D eigenvalue weighted by Gasteiger charge is 2.48. The second kappa shape index (κ2) is 5.72. The number of fused-ring (bicyclic) bond motifs is 1. The summed E-state index contributed by atoms with van der Waals surface area (Å²) in [4.78, 5) is 52.9. The Morgan fingerprint density at radius 2 is 2.10 bits per heavy atom. The molecule has 1 fully saturated rings. The number of nitrogens with two attached hydrogens (primary N) is 1. The van der Waals surface area contributed by atoms with Gasteiger partial charge in [-0.1, -0.05) is 11.8 Å². The van der Waals surface area contributed by atoms with Crippen LogP contribution in [0.1, 0.15) is 6.92 Å². The zero-order valence-electron chi connectivity index (χ0n) is 11.5. The van der Waals surface area contributed by atoms with E-state index in [2.05, 4.69) is 10.3 Å². The van der Waals surface area contributed by atoms with E-state index in [1.807, 2.05) is 0 Å². The number of carbonyl (C=O) groups is 4. The zero-order chi connectivity index (χ0) is 15.7. The van der Waals surface area contributed by atoms with E-state index in [4.69, 9.17) is 5.73 Å². The number of amides is 4. The van der Waals surface area contributed by atoms with Crippen molar-refractivity contribution in [3.05, 3.63) is 0 Å². The van der Waals surface area contributed by atoms with Crippen molar-refractivity contribution in [2.45, 2.75) is 19.1 Å². The Bertz CT molecular complexity index is 549. The van der Waals surface area contributed by atoms with E-state index in [0.717, 1.165) is 11.8 Å². The van der Waals surface area contributed by atoms with Crippen molar-refractivity contribution in [3.63, 3.8) is 0 Å². The normalized spacial score (nSPS) is 24.6. The molecule has 0 aromatic heterocycles. The molecule has 0 bridgehead atoms. The topological polar surface area (TPSA) is 125 Å². The quantitative estimate of drug-likeness (QED) is 0.640. The monoisotopic (exact) mass is 313 g/mol. The number of hydrogen-bond donors (Lipinski definition) is 2. The molecule has 2 atom stereocenters. The summed E-state index contributed by atoms with van der Waals surface area (Å²) >= 11 is 1.11. The molecule has 0 aromatic rings. The predicted octanol–water partition coefficient (Wildman–Crippen LogP) is -1.66. The lowest BCUT2D eigenvalue weighted by Crippen LogP contribution is -2.64. The van der Waals surface area contributed by atoms with Gasteiger partial charge in [-0.15, -0.1) is 0 Å². The Morgan fingerprint density at radius 1 is 1.43 bits per heavy atom. The fraction of sp³-hybridized carbons (Fsp3) is 0.545. The minimum absolute atomic E-state index is 0.0644. The molecule has 2 rings (SSSR count). The van der Waals surface area contributed by atoms with E-state index in [1.165, 1.54) is 23.8 Å². The molecule has 2 heterocycles. The number of rotatable bonds is 4. The lowest BCUT2D eigenvalue weighted by Gasteiger charge is -2.35. The van der Waals surface area contributed by atoms with Crippen molar-refractivity contribution in [1.82, 2.24) is 15.1 Å². The lowest BCUT2D eigenvalue weighted by molar-refractivity contribution is -0.128. The number of primary amides is 1. The van der Waals surface area contributed by atoms with E-state index >= 15 is 0 Å². The highest BCUT2D eigenvalue weighted by molar-refractivity contribution is 8.14. The highest BCUT2D eigenvalue weighted by atomic mass is 32.2. The molecular formula is C11H15N5O4S. The Labute approximate surface area is 124 Å². The van der Waals surface area contributed by atoms with Gasteiger partial charge in [0.1, 0.15) is 5.78 Å². The molecule has 2 unspecified atom stereocenters. The summed E-state index contributed by atoms with van der Waals surface area (Å²) in [6, 6.07) is -1.36. The van der Waals surface area contributed by atoms with Gasteiger partial charge in [0.15, 0.2) is 17.4 Å². The molecule has 0 spiro atoms. The maximum absolute atomic E-state index is 12.0. The fourth-order valence-corrected chi connectivity index (χ4v) is 2.98. The number of hydrogen-bond acceptors (Lipinski definition) is 7. The molecule has 4 amide bonds. The summed E-state index contributed by atoms with van der Waals surface area (Å²) in [6.45, 7) is 1.22. The number of likely N-dealkylation sites (N-methyl/N-ethyl adjacent to an activating group) is 1. The maximum atomic E-state index is 12.0. The Kier molecular flexibility index (Phi) is 4.16. The molecule has 0 radical (unpaired) electrons. The number of aliphatic imine (C=N–C) groups is 1. The lowest BCUT2D eigenvalue weighted by atomic mass is 10.1. The van der Waals surface area contributed by atoms with Crippen molar-refractivity contribution in [1.29, 1.82) is 0 Å². The van der Waals surface area contributed by atoms with Crippen molar-refractivity contribution in [2.24, 2.45) is 10.7 Å². The van der Waals surface area contributed by atoms with Gasteiger partial charge in [0.25, 0.3) is 5.91 Å². The van der Waals surface area contributed by atoms with E-state index < -0.39 is 30.1 Å². The summed E-state index contributed by atoms with van der Waals surface area (Å²) < 4.78 is 0. The predicted molar refractivity (Wildman–Crippen MR) is 75.4 cm³/mol. The van der Waals surface area contributed by atoms with Crippen LogP contribution in [0, 0.1) is 0 Å². The SMILES string of the molecule is CC(=O)CSC1=NC2C(C(=O)NC(=O)N2C)N1CC(N)=O. The molecular weight excluding hydrogens is 298 g/mol. The van der Waals surface area contributed by atoms with Gasteiger partial charge < -0.3 is 15.5 Å². The molecule has 0 aliphatic carbocycles. The molecule has 1 saturated heterocycles. The summed E-state index contributed by atoms with van der Waals surface area (Å²) in [5, 5.41) is 2.55. The van der Waals surface area contributed by atoms with Gasteiger partial charge in [-0.2, -0.15) is 0 Å². The van der Waals surface area contributed by atoms with E-state index in [1.54, 1.807) is 0 Å². The molecule has 9 nitrogen and oxygen atoms in total. The van der Waals surface area contributed by atoms with Crippen LogP contribution in [0.5, 0.6) is 0 Å². The van der Waals surface area contributed by atoms with Gasteiger partial charge in [0.05, 0.1) is 12.3 Å². The van der Waals surface area contributed by atoms with Gasteiger partial charge in [0.2, 0.25) is 5.91 Å². The summed E-state index contributed by atoms with van der Waals surface area (Å²) in [7, 11) is 1.50. The standard InChI is InChI=1S/C11H15N5O4S/c1-5(17)4-21-11-13-8-7(16(11)3-6(12)18)9(19)14-10(20)15(8)2/h7-8H,3-4H2,1-2H3,(H2,12,18)(H,14,19,20). The minimum Gasteiger partial charge on any atom is -0.368 e. The van der Waals surface area contributed by atoms with Gasteiger partial charge >= 0.3 is 6.03 Å². The second-order valence-corrected chi connectivity index (χ2v) is 5.70. The van der Waals surface area contributed by atoms with Crippen LogP contribution in [0.4, 0.5) is 4.79 Å². The number of nitrogens with one attached hydrogen (secondary N) is 1. The maximum Gasteiger partial charge on any atom is 0.325 e. The molecule has 2 aliphatic rings. The van der Waals surface area contributed by atoms with Crippen molar-refractivity contribution < 1.29 is 19.2 Å². The van der Waals surface area contributed by atoms with Gasteiger partial charge in [-0.25, -0.2) is 9.79 Å². The smallest absolute Gasteiger partial charge is 0.325 e. The number of carbonyl (C=O) groups excluding carboxylic acids is 4. The van der Waals surface area contributed by atoms with Crippen LogP contribution in [-0.4, -0.2) is 70.1 Å². The third-order valence-corrected chi connectivity index (χ3v) is 4.20. The van der Waals surface area contributed by atoms with Crippen molar-refractivity contribution >= 4 is 40.6 Å². The Balaban J connectivity index is 2.28. The average molecular weight is 313 g/mol. The van der Waals surface area contributed by atoms with Crippen LogP contribution in [0.2, 0.25) is 0 Å². The van der Waals surface area contributed by atoms with E-state index in [-0.39, 0.29) is 18.1 Å². The molecule has 10 heteroatoms. The van der Waals surface area contributed by atoms with Gasteiger partial charge in [0, 0.05) is 7.05 Å². The van der Waals surface area contributed by atoms with Crippen LogP contribution in [0.25, 0.3) is 0 Å². The summed E-state index contributed by atoms with van der Waals surface area (Å²) in [5.74, 6) is -1.07. The average Bonchev–Trinajstić information content (AvgIpc) is 2.72. The third-order valence-electron chi connectivity index (χ3n) is 3.05. The highest BCUT2D eigenvalue weighted by Crippen LogP contribution is 2.28. The molecule has 21 heavy (non-hydrogen) atoms. The molecule has 3 N–H and O–H groups in total. The van der Waals surface area contributed by atoms with Crippen molar-refractivity contribution in [3.8, 4) is 0 Å². The Morgan fingerprint density at radius 3 is 2.67 bits per heavy atom. The summed E-state index contributed by atoms with van der Waals surface area (Å²) in [5.41, 5.74) is 5.20. The summed E-state index contributed by atoms with van der Waals surface area (Å²) in [6.07, 6.45) is -0.722. The largest absolute Gasteiger partial charge is 0.368 e. The molecule has 2 aliphatic heterocycles. The van der Waals surface area contributed by atoms with Crippen LogP contribution in [0.3, 0.4) is 0 Å². The number of Topliss-reactive ketones (excluding diaryl/α,β-unsaturated/α-hetero) is 1. The zero-order valence-corrected chi connectivity index (χ0v) is 12.3. The second-order valence-electron chi connectivity index (χ2n) is 4.76. The van der Waals surface area contributed by atoms with Crippen molar-refractivity contribution in [2.75, 3.05) is 19.3 Å². The van der Waals surface area contributed by atoms with Crippen LogP contribution in [-0.2, 0) is 14.4 Å². The first-order chi connectivity index (χ1) is 9.81. The van der Waals surface area contributed by atoms with E-state index in [0.29, 0.717) is 5.17 Å². The fourth-order valence-electron chi connectivity index (χ4n) is 2.12. The Hall–Kier alpha value is -2.10. The number of imide groups is 1. The first kappa shape index (κ1) is 15.3. The third kappa shape index (κ3) is 2.99. The number of amidine groups is 1. The van der Waals surface area contributed by atoms with Gasteiger partial charge in [-0.3, -0.25) is 19.7 Å². The minimum atomic E-state index is -0.811. The number of ketones is 1. The van der Waals surface area contributed by atoms with Crippen LogP contribution >= 0.6 is 11.8 Å². The number of thioether (sulfide) groups is 1. The molecule has 0 saturated carbocycles. The number of urea groups is 1. The first-order valence-electron chi connectivity index (χ1n) is 6.14. The van der Waals surface area contributed by atoms with Gasteiger partial charge in [-0.05, 0) is 6.92 Å². The number of nitrogens with zero attached hydrogens (tertiary/aromatic N) is 3. The first-order valence-corrected chi connectivity index (χ1v) is 7.12.